The zero-order valence-corrected chi connectivity index (χ0v) is 19.1. The number of anilines is 2. The minimum Gasteiger partial charge on any atom is -0.478 e. The Morgan fingerprint density at radius 1 is 1.30 bits per heavy atom. The second-order valence-electron chi connectivity index (χ2n) is 7.24. The fourth-order valence-electron chi connectivity index (χ4n) is 3.56. The number of hydrogen-bond donors (Lipinski definition) is 4. The lowest BCUT2D eigenvalue weighted by atomic mass is 10.0. The Bertz CT molecular complexity index is 1240. The number of carboxylic acids is 1. The fourth-order valence-corrected chi connectivity index (χ4v) is 4.70. The minimum atomic E-state index is -1.13. The number of carbonyl (C=O) groups is 1. The number of nitrogens with one attached hydrogen (secondary N) is 2. The van der Waals surface area contributed by atoms with E-state index in [1.807, 2.05) is 12.1 Å². The number of rotatable bonds is 7. The highest BCUT2D eigenvalue weighted by Gasteiger charge is 2.21. The number of ether oxygens (including phenoxy) is 1. The number of pyridine rings is 1. The molecular formula is C23H22ClN5O3S. The van der Waals surface area contributed by atoms with E-state index >= 15 is 0 Å². The number of nitrogens with two attached hydrogens (primary N) is 1. The number of aromatic nitrogens is 1. The number of allylic oxidation sites excluding steroid dienone is 1. The summed E-state index contributed by atoms with van der Waals surface area (Å²) in [6.07, 6.45) is 4.15. The molecule has 1 aromatic heterocycles. The minimum absolute atomic E-state index is 0.0161. The first-order valence-electron chi connectivity index (χ1n) is 10.2. The molecule has 0 unspecified atom stereocenters. The normalized spacial score (nSPS) is 14.9. The Balaban J connectivity index is 1.85. The molecule has 0 spiro atoms. The van der Waals surface area contributed by atoms with Gasteiger partial charge in [0.1, 0.15) is 0 Å². The van der Waals surface area contributed by atoms with Crippen molar-refractivity contribution in [3.8, 4) is 0 Å². The molecule has 170 valence electrons. The van der Waals surface area contributed by atoms with Gasteiger partial charge >= 0.3 is 5.97 Å². The highest BCUT2D eigenvalue weighted by atomic mass is 35.5. The number of nitrogens with zero attached hydrogens (tertiary/aromatic N) is 2. The van der Waals surface area contributed by atoms with Crippen LogP contribution in [0.3, 0.4) is 0 Å². The van der Waals surface area contributed by atoms with E-state index in [1.54, 1.807) is 30.5 Å². The number of halogens is 1. The molecule has 2 heterocycles. The summed E-state index contributed by atoms with van der Waals surface area (Å²) in [4.78, 5) is 17.6. The summed E-state index contributed by atoms with van der Waals surface area (Å²) >= 11 is 7.83. The van der Waals surface area contributed by atoms with Crippen LogP contribution in [0.1, 0.15) is 15.9 Å². The van der Waals surface area contributed by atoms with Crippen LogP contribution in [-0.2, 0) is 4.74 Å². The van der Waals surface area contributed by atoms with E-state index in [-0.39, 0.29) is 11.3 Å². The SMILES string of the molecule is N=C/C=C(\N)c1cccc(Nc2c(SN3CCOCC3)cnc3ccc(Cl)cc23)c1C(=O)O. The number of aromatic carboxylic acids is 1. The molecule has 33 heavy (non-hydrogen) atoms. The molecule has 0 radical (unpaired) electrons. The van der Waals surface area contributed by atoms with E-state index in [4.69, 9.17) is 27.5 Å². The molecule has 4 rings (SSSR count). The van der Waals surface area contributed by atoms with Crippen molar-refractivity contribution in [3.63, 3.8) is 0 Å². The van der Waals surface area contributed by atoms with Crippen LogP contribution < -0.4 is 11.1 Å². The van der Waals surface area contributed by atoms with Crippen molar-refractivity contribution in [1.82, 2.24) is 9.29 Å². The average Bonchev–Trinajstić information content (AvgIpc) is 2.81. The molecule has 10 heteroatoms. The highest BCUT2D eigenvalue weighted by Crippen LogP contribution is 2.39. The van der Waals surface area contributed by atoms with Gasteiger partial charge < -0.3 is 26.3 Å². The lowest BCUT2D eigenvalue weighted by Crippen LogP contribution is -2.31. The summed E-state index contributed by atoms with van der Waals surface area (Å²) in [5, 5.41) is 21.9. The van der Waals surface area contributed by atoms with Gasteiger partial charge in [0, 0.05) is 47.2 Å². The third-order valence-electron chi connectivity index (χ3n) is 5.10. The number of carboxylic acid groups (broad SMARTS) is 1. The van der Waals surface area contributed by atoms with Gasteiger partial charge in [0.25, 0.3) is 0 Å². The van der Waals surface area contributed by atoms with Crippen LogP contribution in [-0.4, -0.2) is 52.9 Å². The Labute approximate surface area is 200 Å². The summed E-state index contributed by atoms with van der Waals surface area (Å²) in [5.74, 6) is -1.13. The Morgan fingerprint density at radius 3 is 2.82 bits per heavy atom. The number of morpholine rings is 1. The van der Waals surface area contributed by atoms with Crippen molar-refractivity contribution in [2.45, 2.75) is 4.90 Å². The second kappa shape index (κ2) is 10.2. The van der Waals surface area contributed by atoms with E-state index in [0.29, 0.717) is 35.2 Å². The quantitative estimate of drug-likeness (QED) is 0.283. The van der Waals surface area contributed by atoms with Gasteiger partial charge in [0.15, 0.2) is 0 Å². The molecule has 1 saturated heterocycles. The number of hydrogen-bond acceptors (Lipinski definition) is 8. The van der Waals surface area contributed by atoms with Gasteiger partial charge in [-0.25, -0.2) is 9.10 Å². The Hall–Kier alpha value is -3.11. The third-order valence-corrected chi connectivity index (χ3v) is 6.47. The summed E-state index contributed by atoms with van der Waals surface area (Å²) < 4.78 is 7.63. The van der Waals surface area contributed by atoms with E-state index in [9.17, 15) is 9.90 Å². The second-order valence-corrected chi connectivity index (χ2v) is 8.81. The lowest BCUT2D eigenvalue weighted by molar-refractivity contribution is 0.0697. The van der Waals surface area contributed by atoms with Gasteiger partial charge in [-0.05, 0) is 42.3 Å². The van der Waals surface area contributed by atoms with E-state index in [0.717, 1.165) is 35.1 Å². The Morgan fingerprint density at radius 2 is 2.09 bits per heavy atom. The predicted molar refractivity (Wildman–Crippen MR) is 133 cm³/mol. The molecule has 8 nitrogen and oxygen atoms in total. The summed E-state index contributed by atoms with van der Waals surface area (Å²) in [5.41, 5.74) is 8.38. The van der Waals surface area contributed by atoms with Gasteiger partial charge in [-0.15, -0.1) is 0 Å². The van der Waals surface area contributed by atoms with Gasteiger partial charge in [-0.3, -0.25) is 4.98 Å². The first-order valence-corrected chi connectivity index (χ1v) is 11.3. The topological polar surface area (TPSA) is 125 Å². The van der Waals surface area contributed by atoms with Crippen molar-refractivity contribution >= 4 is 63.7 Å². The maximum absolute atomic E-state index is 12.2. The van der Waals surface area contributed by atoms with Gasteiger partial charge in [-0.2, -0.15) is 0 Å². The smallest absolute Gasteiger partial charge is 0.338 e. The summed E-state index contributed by atoms with van der Waals surface area (Å²) in [7, 11) is 0. The van der Waals surface area contributed by atoms with Gasteiger partial charge in [0.05, 0.1) is 40.6 Å². The van der Waals surface area contributed by atoms with Gasteiger partial charge in [0.2, 0.25) is 0 Å². The van der Waals surface area contributed by atoms with Crippen LogP contribution in [0, 0.1) is 5.41 Å². The molecular weight excluding hydrogens is 462 g/mol. The molecule has 0 aliphatic carbocycles. The first-order chi connectivity index (χ1) is 16.0. The van der Waals surface area contributed by atoms with Crippen LogP contribution in [0.2, 0.25) is 5.02 Å². The standard InChI is InChI=1S/C23H22ClN5O3S/c24-14-4-5-18-16(12-14)22(20(13-27-18)33-29-8-10-32-11-9-29)28-19-3-1-2-15(17(26)6-7-25)21(19)23(30)31/h1-7,12-13,25H,8-11,26H2,(H,27,28)(H,30,31)/b17-6-,25-7?. The van der Waals surface area contributed by atoms with Crippen LogP contribution in [0.4, 0.5) is 11.4 Å². The van der Waals surface area contributed by atoms with Crippen LogP contribution in [0.5, 0.6) is 0 Å². The zero-order chi connectivity index (χ0) is 23.4. The average molecular weight is 484 g/mol. The molecule has 0 atom stereocenters. The van der Waals surface area contributed by atoms with Crippen molar-refractivity contribution in [2.75, 3.05) is 31.6 Å². The molecule has 5 N–H and O–H groups in total. The van der Waals surface area contributed by atoms with E-state index in [2.05, 4.69) is 14.6 Å². The van der Waals surface area contributed by atoms with Crippen LogP contribution in [0.15, 0.2) is 53.6 Å². The molecule has 1 fully saturated rings. The van der Waals surface area contributed by atoms with Crippen LogP contribution in [0.25, 0.3) is 16.6 Å². The van der Waals surface area contributed by atoms with Crippen LogP contribution >= 0.6 is 23.5 Å². The maximum atomic E-state index is 12.2. The lowest BCUT2D eigenvalue weighted by Gasteiger charge is -2.26. The third kappa shape index (κ3) is 5.12. The molecule has 3 aromatic rings. The van der Waals surface area contributed by atoms with E-state index < -0.39 is 5.97 Å². The molecule has 0 saturated carbocycles. The largest absolute Gasteiger partial charge is 0.478 e. The van der Waals surface area contributed by atoms with Crippen molar-refractivity contribution < 1.29 is 14.6 Å². The summed E-state index contributed by atoms with van der Waals surface area (Å²) in [6.45, 7) is 2.82. The molecule has 1 aliphatic rings. The number of fused-ring (bicyclic) bond motifs is 1. The molecule has 1 aliphatic heterocycles. The van der Waals surface area contributed by atoms with Crippen molar-refractivity contribution in [3.05, 3.63) is 64.8 Å². The fraction of sp³-hybridized carbons (Fsp3) is 0.174. The summed E-state index contributed by atoms with van der Waals surface area (Å²) in [6, 6.07) is 10.4. The number of benzene rings is 2. The van der Waals surface area contributed by atoms with Gasteiger partial charge in [-0.1, -0.05) is 23.7 Å². The highest BCUT2D eigenvalue weighted by molar-refractivity contribution is 7.97. The predicted octanol–water partition coefficient (Wildman–Crippen LogP) is 4.62. The molecule has 2 aromatic carbocycles. The molecule has 0 bridgehead atoms. The van der Waals surface area contributed by atoms with Crippen molar-refractivity contribution in [2.24, 2.45) is 5.73 Å². The monoisotopic (exact) mass is 483 g/mol. The molecule has 0 amide bonds. The van der Waals surface area contributed by atoms with Crippen molar-refractivity contribution in [1.29, 1.82) is 5.41 Å². The maximum Gasteiger partial charge on any atom is 0.338 e. The first kappa shape index (κ1) is 23.1. The zero-order valence-electron chi connectivity index (χ0n) is 17.5. The van der Waals surface area contributed by atoms with E-state index in [1.165, 1.54) is 18.0 Å². The Kier molecular flexibility index (Phi) is 7.14.